The van der Waals surface area contributed by atoms with E-state index < -0.39 is 58.0 Å². The fraction of sp³-hybridized carbons (Fsp3) is 0.419. The first kappa shape index (κ1) is 28.8. The second kappa shape index (κ2) is 9.90. The van der Waals surface area contributed by atoms with Crippen molar-refractivity contribution < 1.29 is 44.3 Å². The maximum absolute atomic E-state index is 14.0. The Kier molecular flexibility index (Phi) is 6.64. The van der Waals surface area contributed by atoms with Gasteiger partial charge >= 0.3 is 5.97 Å². The number of benzene rings is 2. The molecule has 1 amide bonds. The van der Waals surface area contributed by atoms with Crippen LogP contribution in [0.1, 0.15) is 23.1 Å². The van der Waals surface area contributed by atoms with Crippen LogP contribution in [0.5, 0.6) is 5.75 Å². The van der Waals surface area contributed by atoms with Crippen molar-refractivity contribution in [2.75, 3.05) is 34.3 Å². The normalized spacial score (nSPS) is 27.6. The van der Waals surface area contributed by atoms with Crippen LogP contribution in [0.2, 0.25) is 0 Å². The van der Waals surface area contributed by atoms with Crippen LogP contribution in [0.3, 0.4) is 0 Å². The van der Waals surface area contributed by atoms with Gasteiger partial charge in [-0.05, 0) is 55.4 Å². The molecule has 2 aromatic carbocycles. The number of hydrogen-bond acceptors (Lipinski definition) is 11. The van der Waals surface area contributed by atoms with E-state index in [-0.39, 0.29) is 41.6 Å². The molecule has 3 aliphatic carbocycles. The van der Waals surface area contributed by atoms with Gasteiger partial charge in [0.1, 0.15) is 22.8 Å². The summed E-state index contributed by atoms with van der Waals surface area (Å²) in [4.78, 5) is 54.6. The quantitative estimate of drug-likeness (QED) is 0.243. The molecule has 0 bridgehead atoms. The van der Waals surface area contributed by atoms with Gasteiger partial charge < -0.3 is 30.9 Å². The highest BCUT2D eigenvalue weighted by Crippen LogP contribution is 2.53. The zero-order chi connectivity index (χ0) is 31.1. The van der Waals surface area contributed by atoms with Gasteiger partial charge in [0.15, 0.2) is 11.4 Å². The van der Waals surface area contributed by atoms with Gasteiger partial charge in [-0.25, -0.2) is 0 Å². The number of phenols is 1. The minimum Gasteiger partial charge on any atom is -0.508 e. The molecule has 2 fully saturated rings. The average molecular weight is 592 g/mol. The first-order valence-corrected chi connectivity index (χ1v) is 14.0. The van der Waals surface area contributed by atoms with Crippen molar-refractivity contribution in [3.05, 3.63) is 57.9 Å². The Morgan fingerprint density at radius 3 is 2.47 bits per heavy atom. The van der Waals surface area contributed by atoms with Crippen molar-refractivity contribution in [3.8, 4) is 5.75 Å². The molecule has 4 aliphatic rings. The fourth-order valence-corrected chi connectivity index (χ4v) is 7.43. The molecule has 226 valence electrons. The molecule has 0 unspecified atom stereocenters. The van der Waals surface area contributed by atoms with E-state index in [4.69, 9.17) is 10.5 Å². The Hall–Kier alpha value is -4.26. The van der Waals surface area contributed by atoms with Crippen LogP contribution < -0.4 is 5.73 Å². The van der Waals surface area contributed by atoms with Gasteiger partial charge in [-0.2, -0.15) is 0 Å². The summed E-state index contributed by atoms with van der Waals surface area (Å²) in [5, 5.41) is 46.8. The zero-order valence-electron chi connectivity index (χ0n) is 24.0. The van der Waals surface area contributed by atoms with Crippen molar-refractivity contribution in [1.29, 1.82) is 0 Å². The molecule has 1 heterocycles. The molecule has 6 N–H and O–H groups in total. The standard InChI is InChI=1S/C31H33N3O9/c1-33(2)23-19-9-16-8-15-7-14-5-4-13(10-34-11-17(12-34)30(41)43-3)6-18(14)24(35)20(15)25(36)21(16)27(38)31(19,42)28(39)22(26(23)37)29(32)40/h4-7,16-17,19,23,35-36,39,42H,8-12H2,1-3H3,(H2,32,40)/t16-,19-,23-,31-/m0/s1. The number of hydrogen-bond donors (Lipinski definition) is 5. The summed E-state index contributed by atoms with van der Waals surface area (Å²) in [5.74, 6) is -7.16. The van der Waals surface area contributed by atoms with Crippen molar-refractivity contribution in [2.24, 2.45) is 23.5 Å². The van der Waals surface area contributed by atoms with Crippen molar-refractivity contribution in [2.45, 2.75) is 31.0 Å². The number of likely N-dealkylation sites (tertiary alicyclic amines) is 1. The van der Waals surface area contributed by atoms with E-state index in [1.54, 1.807) is 20.2 Å². The Balaban J connectivity index is 1.41. The van der Waals surface area contributed by atoms with Crippen LogP contribution in [-0.2, 0) is 36.9 Å². The number of primary amides is 1. The molecule has 6 rings (SSSR count). The number of carbonyl (C=O) groups is 4. The monoisotopic (exact) mass is 591 g/mol. The molecule has 1 saturated carbocycles. The van der Waals surface area contributed by atoms with Crippen molar-refractivity contribution in [3.63, 3.8) is 0 Å². The van der Waals surface area contributed by atoms with E-state index in [1.807, 2.05) is 18.2 Å². The lowest BCUT2D eigenvalue weighted by molar-refractivity contribution is -0.154. The van der Waals surface area contributed by atoms with Gasteiger partial charge in [-0.1, -0.05) is 18.2 Å². The number of aliphatic hydroxyl groups excluding tert-OH is 2. The number of nitrogens with two attached hydrogens (primary N) is 1. The third-order valence-electron chi connectivity index (χ3n) is 9.49. The van der Waals surface area contributed by atoms with Crippen LogP contribution in [-0.4, -0.2) is 99.6 Å². The Morgan fingerprint density at radius 1 is 1.14 bits per heavy atom. The SMILES string of the molecule is COC(=O)C1CN(Cc2ccc3cc4c(c(O)c3c2)C(O)=C2C(=O)[C@]3(O)C(O)=C(C(N)=O)C(=O)[C@@H](N(C)C)[C@@H]3C[C@@H]2C4)C1. The Morgan fingerprint density at radius 2 is 1.84 bits per heavy atom. The third kappa shape index (κ3) is 4.08. The van der Waals surface area contributed by atoms with Gasteiger partial charge in [-0.15, -0.1) is 0 Å². The number of carbonyl (C=O) groups excluding carboxylic acids is 4. The molecule has 1 saturated heterocycles. The molecule has 2 aromatic rings. The molecule has 12 nitrogen and oxygen atoms in total. The van der Waals surface area contributed by atoms with Gasteiger partial charge in [-0.3, -0.25) is 29.0 Å². The summed E-state index contributed by atoms with van der Waals surface area (Å²) in [5.41, 5.74) is 3.18. The molecule has 0 radical (unpaired) electrons. The van der Waals surface area contributed by atoms with E-state index in [9.17, 15) is 39.6 Å². The third-order valence-corrected chi connectivity index (χ3v) is 9.49. The number of methoxy groups -OCH3 is 1. The van der Waals surface area contributed by atoms with E-state index in [1.165, 1.54) is 12.0 Å². The van der Waals surface area contributed by atoms with E-state index in [0.29, 0.717) is 30.6 Å². The van der Waals surface area contributed by atoms with E-state index in [2.05, 4.69) is 4.90 Å². The number of Topliss-reactive ketones (excluding diaryl/α,β-unsaturated/α-hetero) is 2. The van der Waals surface area contributed by atoms with Crippen molar-refractivity contribution in [1.82, 2.24) is 9.80 Å². The molecule has 0 aromatic heterocycles. The second-order valence-electron chi connectivity index (χ2n) is 12.2. The number of likely N-dealkylation sites (N-methyl/N-ethyl adjacent to an activating group) is 1. The van der Waals surface area contributed by atoms with Crippen LogP contribution in [0, 0.1) is 17.8 Å². The Labute approximate surface area is 246 Å². The molecule has 4 atom stereocenters. The number of aromatic hydroxyl groups is 1. The van der Waals surface area contributed by atoms with Crippen LogP contribution in [0.4, 0.5) is 0 Å². The summed E-state index contributed by atoms with van der Waals surface area (Å²) in [7, 11) is 4.48. The summed E-state index contributed by atoms with van der Waals surface area (Å²) in [6.07, 6.45) is 0.258. The number of phenolic OH excluding ortho intramolecular Hbond substituents is 1. The molecule has 1 aliphatic heterocycles. The zero-order valence-corrected chi connectivity index (χ0v) is 24.0. The molecular formula is C31H33N3O9. The van der Waals surface area contributed by atoms with Gasteiger partial charge in [0.25, 0.3) is 5.91 Å². The maximum atomic E-state index is 14.0. The minimum absolute atomic E-state index is 0.0336. The van der Waals surface area contributed by atoms with Crippen LogP contribution in [0.15, 0.2) is 41.2 Å². The van der Waals surface area contributed by atoms with Crippen LogP contribution in [0.25, 0.3) is 16.5 Å². The van der Waals surface area contributed by atoms with E-state index in [0.717, 1.165) is 10.9 Å². The van der Waals surface area contributed by atoms with Gasteiger partial charge in [0.05, 0.1) is 24.6 Å². The lowest BCUT2D eigenvalue weighted by Gasteiger charge is -2.50. The number of fused-ring (bicyclic) bond motifs is 4. The number of amides is 1. The summed E-state index contributed by atoms with van der Waals surface area (Å²) >= 11 is 0. The lowest BCUT2D eigenvalue weighted by Crippen LogP contribution is -2.65. The lowest BCUT2D eigenvalue weighted by atomic mass is 9.57. The predicted octanol–water partition coefficient (Wildman–Crippen LogP) is 0.722. The first-order chi connectivity index (χ1) is 20.3. The number of esters is 1. The molecule has 12 heteroatoms. The number of aliphatic hydroxyl groups is 3. The largest absolute Gasteiger partial charge is 0.508 e. The van der Waals surface area contributed by atoms with E-state index >= 15 is 0 Å². The summed E-state index contributed by atoms with van der Waals surface area (Å²) in [6, 6.07) is 6.28. The highest BCUT2D eigenvalue weighted by atomic mass is 16.5. The van der Waals surface area contributed by atoms with Crippen molar-refractivity contribution >= 4 is 40.0 Å². The second-order valence-corrected chi connectivity index (χ2v) is 12.2. The topological polar surface area (TPSA) is 191 Å². The maximum Gasteiger partial charge on any atom is 0.311 e. The fourth-order valence-electron chi connectivity index (χ4n) is 7.43. The number of nitrogens with zero attached hydrogens (tertiary/aromatic N) is 2. The molecular weight excluding hydrogens is 558 g/mol. The molecule has 43 heavy (non-hydrogen) atoms. The predicted molar refractivity (Wildman–Crippen MR) is 153 cm³/mol. The van der Waals surface area contributed by atoms with Gasteiger partial charge in [0.2, 0.25) is 5.78 Å². The van der Waals surface area contributed by atoms with Gasteiger partial charge in [0, 0.05) is 36.5 Å². The molecule has 0 spiro atoms. The summed E-state index contributed by atoms with van der Waals surface area (Å²) < 4.78 is 4.79. The number of ketones is 2. The number of ether oxygens (including phenoxy) is 1. The number of rotatable bonds is 5. The highest BCUT2D eigenvalue weighted by molar-refractivity contribution is 6.24. The van der Waals surface area contributed by atoms with Crippen LogP contribution >= 0.6 is 0 Å². The first-order valence-electron chi connectivity index (χ1n) is 14.0. The summed E-state index contributed by atoms with van der Waals surface area (Å²) in [6.45, 7) is 1.64. The average Bonchev–Trinajstić information content (AvgIpc) is 2.92. The minimum atomic E-state index is -2.68. The highest BCUT2D eigenvalue weighted by Gasteiger charge is 2.64. The smallest absolute Gasteiger partial charge is 0.311 e. The Bertz CT molecular complexity index is 1690.